The minimum absolute atomic E-state index is 0.197. The first-order valence-corrected chi connectivity index (χ1v) is 6.66. The smallest absolute Gasteiger partial charge is 0.238 e. The summed E-state index contributed by atoms with van der Waals surface area (Å²) in [6.45, 7) is 2.70. The molecule has 4 heteroatoms. The molecule has 0 radical (unpaired) electrons. The minimum Gasteiger partial charge on any atom is -0.477 e. The number of benzene rings is 2. The molecule has 0 saturated heterocycles. The van der Waals surface area contributed by atoms with Gasteiger partial charge >= 0.3 is 0 Å². The molecule has 1 aliphatic heterocycles. The van der Waals surface area contributed by atoms with Crippen LogP contribution < -0.4 is 10.1 Å². The molecule has 4 rings (SSSR count). The second-order valence-corrected chi connectivity index (χ2v) is 5.01. The Labute approximate surface area is 116 Å². The van der Waals surface area contributed by atoms with E-state index in [1.165, 1.54) is 5.56 Å². The second kappa shape index (κ2) is 4.27. The normalized spacial score (nSPS) is 17.4. The molecule has 2 aromatic carbocycles. The largest absolute Gasteiger partial charge is 0.477 e. The van der Waals surface area contributed by atoms with Gasteiger partial charge in [-0.05, 0) is 36.8 Å². The average molecular weight is 266 g/mol. The van der Waals surface area contributed by atoms with E-state index >= 15 is 0 Å². The summed E-state index contributed by atoms with van der Waals surface area (Å²) in [4.78, 5) is 4.54. The summed E-state index contributed by atoms with van der Waals surface area (Å²) >= 11 is 0. The fraction of sp³-hybridized carbons (Fsp3) is 0.188. The molecule has 20 heavy (non-hydrogen) atoms. The number of hydrogen-bond acceptors (Lipinski definition) is 4. The van der Waals surface area contributed by atoms with Gasteiger partial charge in [0.1, 0.15) is 11.3 Å². The van der Waals surface area contributed by atoms with Gasteiger partial charge in [0.2, 0.25) is 5.89 Å². The lowest BCUT2D eigenvalue weighted by atomic mass is 10.2. The van der Waals surface area contributed by atoms with Gasteiger partial charge in [0.05, 0.1) is 12.2 Å². The lowest BCUT2D eigenvalue weighted by molar-refractivity contribution is 0.177. The van der Waals surface area contributed by atoms with Crippen molar-refractivity contribution in [2.45, 2.75) is 13.0 Å². The highest BCUT2D eigenvalue weighted by Gasteiger charge is 2.25. The third kappa shape index (κ3) is 1.81. The number of aromatic nitrogens is 1. The van der Waals surface area contributed by atoms with Crippen molar-refractivity contribution >= 4 is 16.8 Å². The number of para-hydroxylation sites is 2. The van der Waals surface area contributed by atoms with E-state index in [1.807, 2.05) is 49.4 Å². The first kappa shape index (κ1) is 11.3. The van der Waals surface area contributed by atoms with Crippen LogP contribution in [0.15, 0.2) is 46.9 Å². The summed E-state index contributed by atoms with van der Waals surface area (Å²) < 4.78 is 11.8. The molecule has 1 aliphatic rings. The van der Waals surface area contributed by atoms with E-state index in [9.17, 15) is 0 Å². The van der Waals surface area contributed by atoms with Crippen LogP contribution in [0.3, 0.4) is 0 Å². The van der Waals surface area contributed by atoms with Gasteiger partial charge < -0.3 is 14.5 Å². The quantitative estimate of drug-likeness (QED) is 0.729. The number of fused-ring (bicyclic) bond motifs is 2. The molecule has 100 valence electrons. The topological polar surface area (TPSA) is 47.3 Å². The molecule has 4 nitrogen and oxygen atoms in total. The average Bonchev–Trinajstić information content (AvgIpc) is 2.89. The van der Waals surface area contributed by atoms with E-state index in [0.717, 1.165) is 22.5 Å². The maximum absolute atomic E-state index is 5.96. The van der Waals surface area contributed by atoms with Crippen molar-refractivity contribution in [1.82, 2.24) is 4.98 Å². The molecule has 0 bridgehead atoms. The Morgan fingerprint density at radius 3 is 3.05 bits per heavy atom. The van der Waals surface area contributed by atoms with Gasteiger partial charge in [0, 0.05) is 0 Å². The third-order valence-corrected chi connectivity index (χ3v) is 3.47. The van der Waals surface area contributed by atoms with Gasteiger partial charge in [-0.1, -0.05) is 18.2 Å². The number of aryl methyl sites for hydroxylation is 1. The van der Waals surface area contributed by atoms with Crippen molar-refractivity contribution in [3.63, 3.8) is 0 Å². The van der Waals surface area contributed by atoms with Gasteiger partial charge in [-0.25, -0.2) is 4.98 Å². The Morgan fingerprint density at radius 1 is 1.20 bits per heavy atom. The molecule has 2 heterocycles. The first-order chi connectivity index (χ1) is 9.79. The van der Waals surface area contributed by atoms with E-state index in [-0.39, 0.29) is 6.10 Å². The lowest BCUT2D eigenvalue weighted by Crippen LogP contribution is -2.23. The first-order valence-electron chi connectivity index (χ1n) is 6.66. The van der Waals surface area contributed by atoms with Crippen LogP contribution in [0.1, 0.15) is 17.6 Å². The van der Waals surface area contributed by atoms with Crippen molar-refractivity contribution in [2.75, 3.05) is 11.9 Å². The molecule has 3 aromatic rings. The molecule has 0 spiro atoms. The Bertz CT molecular complexity index is 779. The molecular formula is C16H14N2O2. The van der Waals surface area contributed by atoms with Gasteiger partial charge in [-0.2, -0.15) is 0 Å². The summed E-state index contributed by atoms with van der Waals surface area (Å²) in [5.41, 5.74) is 3.86. The number of oxazole rings is 1. The summed E-state index contributed by atoms with van der Waals surface area (Å²) in [6.07, 6.45) is -0.197. The highest BCUT2D eigenvalue weighted by Crippen LogP contribution is 2.34. The molecule has 0 amide bonds. The lowest BCUT2D eigenvalue weighted by Gasteiger charge is -2.25. The van der Waals surface area contributed by atoms with Gasteiger partial charge in [-0.3, -0.25) is 0 Å². The highest BCUT2D eigenvalue weighted by molar-refractivity contribution is 5.73. The van der Waals surface area contributed by atoms with Crippen LogP contribution >= 0.6 is 0 Å². The Morgan fingerprint density at radius 2 is 2.10 bits per heavy atom. The molecule has 0 fully saturated rings. The maximum Gasteiger partial charge on any atom is 0.238 e. The van der Waals surface area contributed by atoms with E-state index in [2.05, 4.69) is 10.3 Å². The van der Waals surface area contributed by atoms with Gasteiger partial charge in [-0.15, -0.1) is 0 Å². The highest BCUT2D eigenvalue weighted by atomic mass is 16.5. The van der Waals surface area contributed by atoms with Crippen LogP contribution in [0, 0.1) is 6.92 Å². The van der Waals surface area contributed by atoms with Crippen LogP contribution in [-0.4, -0.2) is 11.5 Å². The third-order valence-electron chi connectivity index (χ3n) is 3.47. The number of hydrogen-bond donors (Lipinski definition) is 1. The zero-order chi connectivity index (χ0) is 13.5. The molecule has 1 N–H and O–H groups in total. The van der Waals surface area contributed by atoms with Crippen LogP contribution in [0.25, 0.3) is 11.1 Å². The zero-order valence-electron chi connectivity index (χ0n) is 11.1. The van der Waals surface area contributed by atoms with Crippen molar-refractivity contribution in [3.05, 3.63) is 53.9 Å². The van der Waals surface area contributed by atoms with E-state index in [1.54, 1.807) is 0 Å². The predicted octanol–water partition coefficient (Wildman–Crippen LogP) is 3.68. The molecule has 1 aromatic heterocycles. The maximum atomic E-state index is 5.96. The van der Waals surface area contributed by atoms with Crippen molar-refractivity contribution in [2.24, 2.45) is 0 Å². The molecular weight excluding hydrogens is 252 g/mol. The fourth-order valence-electron chi connectivity index (χ4n) is 2.44. The van der Waals surface area contributed by atoms with Crippen LogP contribution in [0.4, 0.5) is 5.69 Å². The summed E-state index contributed by atoms with van der Waals surface area (Å²) in [7, 11) is 0. The summed E-state index contributed by atoms with van der Waals surface area (Å²) in [6, 6.07) is 13.9. The molecule has 1 atom stereocenters. The van der Waals surface area contributed by atoms with E-state index < -0.39 is 0 Å². The van der Waals surface area contributed by atoms with Crippen molar-refractivity contribution < 1.29 is 9.15 Å². The Hall–Kier alpha value is -2.49. The number of nitrogens with one attached hydrogen (secondary N) is 1. The van der Waals surface area contributed by atoms with E-state index in [0.29, 0.717) is 12.4 Å². The molecule has 1 unspecified atom stereocenters. The van der Waals surface area contributed by atoms with Crippen LogP contribution in [0.5, 0.6) is 5.75 Å². The summed E-state index contributed by atoms with van der Waals surface area (Å²) in [5, 5.41) is 3.34. The number of nitrogens with zero attached hydrogens (tertiary/aromatic N) is 1. The predicted molar refractivity (Wildman–Crippen MR) is 77.0 cm³/mol. The monoisotopic (exact) mass is 266 g/mol. The molecule has 0 aliphatic carbocycles. The zero-order valence-corrected chi connectivity index (χ0v) is 11.1. The van der Waals surface area contributed by atoms with Gasteiger partial charge in [0.15, 0.2) is 11.7 Å². The summed E-state index contributed by atoms with van der Waals surface area (Å²) in [5.74, 6) is 1.45. The fourth-order valence-corrected chi connectivity index (χ4v) is 2.44. The number of anilines is 1. The molecule has 0 saturated carbocycles. The van der Waals surface area contributed by atoms with Crippen LogP contribution in [-0.2, 0) is 0 Å². The van der Waals surface area contributed by atoms with Crippen molar-refractivity contribution in [1.29, 1.82) is 0 Å². The SMILES string of the molecule is Cc1ccc2oc(C3CNc4ccccc4O3)nc2c1. The van der Waals surface area contributed by atoms with E-state index in [4.69, 9.17) is 9.15 Å². The number of ether oxygens (including phenoxy) is 1. The Kier molecular flexibility index (Phi) is 2.42. The number of rotatable bonds is 1. The van der Waals surface area contributed by atoms with Gasteiger partial charge in [0.25, 0.3) is 0 Å². The minimum atomic E-state index is -0.197. The van der Waals surface area contributed by atoms with Crippen LogP contribution in [0.2, 0.25) is 0 Å². The second-order valence-electron chi connectivity index (χ2n) is 5.01. The van der Waals surface area contributed by atoms with Crippen molar-refractivity contribution in [3.8, 4) is 5.75 Å². The Balaban J connectivity index is 1.70. The standard InChI is InChI=1S/C16H14N2O2/c1-10-6-7-14-12(8-10)18-16(20-14)15-9-17-11-4-2-3-5-13(11)19-15/h2-8,15,17H,9H2,1H3.